The van der Waals surface area contributed by atoms with E-state index in [1.807, 2.05) is 24.3 Å². The Hall–Kier alpha value is -0.220. The molecule has 0 radical (unpaired) electrons. The van der Waals surface area contributed by atoms with Crippen LogP contribution in [0.2, 0.25) is 5.02 Å². The maximum atomic E-state index is 9.23. The minimum absolute atomic E-state index is 0.323. The zero-order valence-electron chi connectivity index (χ0n) is 7.82. The SMILES string of the molecule is NCC(O)CCSc1ccccc1Cl. The number of aliphatic hydroxyl groups excluding tert-OH is 1. The molecule has 0 aliphatic heterocycles. The van der Waals surface area contributed by atoms with Crippen LogP contribution in [0.25, 0.3) is 0 Å². The second-order valence-corrected chi connectivity index (χ2v) is 4.50. The lowest BCUT2D eigenvalue weighted by molar-refractivity contribution is 0.180. The molecule has 0 fully saturated rings. The molecule has 0 aliphatic carbocycles. The molecule has 1 unspecified atom stereocenters. The van der Waals surface area contributed by atoms with Gasteiger partial charge in [0.25, 0.3) is 0 Å². The van der Waals surface area contributed by atoms with Crippen molar-refractivity contribution in [2.24, 2.45) is 5.73 Å². The van der Waals surface area contributed by atoms with Crippen LogP contribution in [0.15, 0.2) is 29.2 Å². The second kappa shape index (κ2) is 6.30. The van der Waals surface area contributed by atoms with Gasteiger partial charge in [-0.25, -0.2) is 0 Å². The highest BCUT2D eigenvalue weighted by Crippen LogP contribution is 2.27. The van der Waals surface area contributed by atoms with Crippen molar-refractivity contribution in [3.8, 4) is 0 Å². The number of aliphatic hydroxyl groups is 1. The van der Waals surface area contributed by atoms with Gasteiger partial charge in [-0.15, -0.1) is 11.8 Å². The van der Waals surface area contributed by atoms with Crippen molar-refractivity contribution < 1.29 is 5.11 Å². The van der Waals surface area contributed by atoms with Crippen molar-refractivity contribution in [3.63, 3.8) is 0 Å². The smallest absolute Gasteiger partial charge is 0.0670 e. The van der Waals surface area contributed by atoms with Gasteiger partial charge in [0, 0.05) is 17.2 Å². The number of nitrogens with two attached hydrogens (primary N) is 1. The molecule has 4 heteroatoms. The van der Waals surface area contributed by atoms with Crippen LogP contribution in [0.5, 0.6) is 0 Å². The molecule has 0 spiro atoms. The van der Waals surface area contributed by atoms with Gasteiger partial charge in [0.05, 0.1) is 11.1 Å². The summed E-state index contributed by atoms with van der Waals surface area (Å²) in [4.78, 5) is 1.05. The Labute approximate surface area is 93.5 Å². The average Bonchev–Trinajstić information content (AvgIpc) is 2.20. The summed E-state index contributed by atoms with van der Waals surface area (Å²) in [5, 5.41) is 10.00. The first-order valence-electron chi connectivity index (χ1n) is 4.49. The Bertz CT molecular complexity index is 283. The highest BCUT2D eigenvalue weighted by Gasteiger charge is 2.03. The highest BCUT2D eigenvalue weighted by atomic mass is 35.5. The molecule has 0 saturated carbocycles. The first-order valence-corrected chi connectivity index (χ1v) is 5.86. The van der Waals surface area contributed by atoms with Gasteiger partial charge in [0.1, 0.15) is 0 Å². The molecular weight excluding hydrogens is 218 g/mol. The van der Waals surface area contributed by atoms with Crippen LogP contribution < -0.4 is 5.73 Å². The lowest BCUT2D eigenvalue weighted by Crippen LogP contribution is -2.19. The van der Waals surface area contributed by atoms with Crippen LogP contribution in [-0.4, -0.2) is 23.5 Å². The van der Waals surface area contributed by atoms with Gasteiger partial charge in [-0.05, 0) is 18.6 Å². The van der Waals surface area contributed by atoms with Gasteiger partial charge in [0.2, 0.25) is 0 Å². The van der Waals surface area contributed by atoms with E-state index in [1.165, 1.54) is 0 Å². The van der Waals surface area contributed by atoms with Gasteiger partial charge in [0.15, 0.2) is 0 Å². The third kappa shape index (κ3) is 3.88. The molecule has 0 aromatic heterocycles. The van der Waals surface area contributed by atoms with Gasteiger partial charge >= 0.3 is 0 Å². The Morgan fingerprint density at radius 1 is 1.43 bits per heavy atom. The van der Waals surface area contributed by atoms with E-state index in [9.17, 15) is 5.11 Å². The molecule has 78 valence electrons. The van der Waals surface area contributed by atoms with E-state index in [-0.39, 0.29) is 0 Å². The minimum atomic E-state index is -0.398. The zero-order chi connectivity index (χ0) is 10.4. The Morgan fingerprint density at radius 3 is 2.79 bits per heavy atom. The van der Waals surface area contributed by atoms with Crippen molar-refractivity contribution >= 4 is 23.4 Å². The van der Waals surface area contributed by atoms with E-state index in [1.54, 1.807) is 11.8 Å². The topological polar surface area (TPSA) is 46.2 Å². The van der Waals surface area contributed by atoms with Gasteiger partial charge in [-0.3, -0.25) is 0 Å². The summed E-state index contributed by atoms with van der Waals surface area (Å²) in [5.74, 6) is 0.835. The second-order valence-electron chi connectivity index (χ2n) is 2.96. The monoisotopic (exact) mass is 231 g/mol. The van der Waals surface area contributed by atoms with E-state index in [2.05, 4.69) is 0 Å². The number of benzene rings is 1. The quantitative estimate of drug-likeness (QED) is 0.764. The molecule has 1 rings (SSSR count). The Morgan fingerprint density at radius 2 is 2.14 bits per heavy atom. The minimum Gasteiger partial charge on any atom is -0.392 e. The van der Waals surface area contributed by atoms with Crippen molar-refractivity contribution in [1.82, 2.24) is 0 Å². The van der Waals surface area contributed by atoms with E-state index >= 15 is 0 Å². The molecule has 0 bridgehead atoms. The lowest BCUT2D eigenvalue weighted by Gasteiger charge is -2.07. The van der Waals surface area contributed by atoms with Gasteiger partial charge < -0.3 is 10.8 Å². The summed E-state index contributed by atoms with van der Waals surface area (Å²) in [6.07, 6.45) is 0.303. The Balaban J connectivity index is 2.35. The van der Waals surface area contributed by atoms with Crippen molar-refractivity contribution in [3.05, 3.63) is 29.3 Å². The first-order chi connectivity index (χ1) is 6.74. The predicted octanol–water partition coefficient (Wildman–Crippen LogP) is 2.14. The molecule has 1 atom stereocenters. The molecule has 1 aromatic carbocycles. The fraction of sp³-hybridized carbons (Fsp3) is 0.400. The summed E-state index contributed by atoms with van der Waals surface area (Å²) in [6, 6.07) is 7.69. The third-order valence-electron chi connectivity index (χ3n) is 1.82. The lowest BCUT2D eigenvalue weighted by atomic mass is 10.3. The number of hydrogen-bond acceptors (Lipinski definition) is 3. The Kier molecular flexibility index (Phi) is 5.33. The van der Waals surface area contributed by atoms with Crippen LogP contribution in [0.4, 0.5) is 0 Å². The van der Waals surface area contributed by atoms with E-state index < -0.39 is 6.10 Å². The van der Waals surface area contributed by atoms with Crippen molar-refractivity contribution in [2.45, 2.75) is 17.4 Å². The zero-order valence-corrected chi connectivity index (χ0v) is 9.39. The van der Waals surface area contributed by atoms with E-state index in [4.69, 9.17) is 17.3 Å². The van der Waals surface area contributed by atoms with Crippen LogP contribution in [0.3, 0.4) is 0 Å². The van der Waals surface area contributed by atoms with Crippen LogP contribution in [0.1, 0.15) is 6.42 Å². The number of rotatable bonds is 5. The van der Waals surface area contributed by atoms with Gasteiger partial charge in [-0.1, -0.05) is 23.7 Å². The predicted molar refractivity (Wildman–Crippen MR) is 61.9 cm³/mol. The molecule has 3 N–H and O–H groups in total. The summed E-state index contributed by atoms with van der Waals surface area (Å²) < 4.78 is 0. The van der Waals surface area contributed by atoms with Crippen molar-refractivity contribution in [2.75, 3.05) is 12.3 Å². The number of thioether (sulfide) groups is 1. The van der Waals surface area contributed by atoms with Crippen molar-refractivity contribution in [1.29, 1.82) is 0 Å². The van der Waals surface area contributed by atoms with E-state index in [0.717, 1.165) is 15.7 Å². The molecule has 0 heterocycles. The standard InChI is InChI=1S/C10H14ClNOS/c11-9-3-1-2-4-10(9)14-6-5-8(13)7-12/h1-4,8,13H,5-7,12H2. The molecule has 14 heavy (non-hydrogen) atoms. The summed E-state index contributed by atoms with van der Waals surface area (Å²) >= 11 is 7.61. The van der Waals surface area contributed by atoms with Crippen LogP contribution in [0, 0.1) is 0 Å². The third-order valence-corrected chi connectivity index (χ3v) is 3.37. The molecular formula is C10H14ClNOS. The number of halogens is 1. The summed E-state index contributed by atoms with van der Waals surface area (Å²) in [7, 11) is 0. The highest BCUT2D eigenvalue weighted by molar-refractivity contribution is 7.99. The fourth-order valence-corrected chi connectivity index (χ4v) is 2.27. The van der Waals surface area contributed by atoms with Gasteiger partial charge in [-0.2, -0.15) is 0 Å². The average molecular weight is 232 g/mol. The van der Waals surface area contributed by atoms with Crippen LogP contribution >= 0.6 is 23.4 Å². The summed E-state index contributed by atoms with van der Waals surface area (Å²) in [5.41, 5.74) is 5.30. The maximum Gasteiger partial charge on any atom is 0.0670 e. The molecule has 1 aromatic rings. The van der Waals surface area contributed by atoms with E-state index in [0.29, 0.717) is 13.0 Å². The maximum absolute atomic E-state index is 9.23. The summed E-state index contributed by atoms with van der Waals surface area (Å²) in [6.45, 7) is 0.323. The molecule has 0 amide bonds. The normalized spacial score (nSPS) is 12.8. The number of hydrogen-bond donors (Lipinski definition) is 2. The van der Waals surface area contributed by atoms with Crippen LogP contribution in [-0.2, 0) is 0 Å². The fourth-order valence-electron chi connectivity index (χ4n) is 0.985. The molecule has 0 aliphatic rings. The largest absolute Gasteiger partial charge is 0.392 e. The molecule has 2 nitrogen and oxygen atoms in total. The molecule has 0 saturated heterocycles. The first kappa shape index (κ1) is 11.9.